The van der Waals surface area contributed by atoms with Gasteiger partial charge < -0.3 is 10.2 Å². The summed E-state index contributed by atoms with van der Waals surface area (Å²) in [5.41, 5.74) is 10.5. The van der Waals surface area contributed by atoms with E-state index in [1.165, 1.54) is 0 Å². The molecular weight excluding hydrogens is 332 g/mol. The van der Waals surface area contributed by atoms with Gasteiger partial charge in [-0.1, -0.05) is 0 Å². The number of hydrogen-bond acceptors (Lipinski definition) is 5. The molecule has 0 fully saturated rings. The van der Waals surface area contributed by atoms with Crippen LogP contribution in [0.25, 0.3) is 33.4 Å². The van der Waals surface area contributed by atoms with E-state index in [0.717, 1.165) is 32.3 Å². The summed E-state index contributed by atoms with van der Waals surface area (Å²) in [7, 11) is 0. The first kappa shape index (κ1) is 12.3. The van der Waals surface area contributed by atoms with E-state index in [2.05, 4.69) is 30.9 Å². The van der Waals surface area contributed by atoms with E-state index in [1.807, 2.05) is 36.4 Å². The van der Waals surface area contributed by atoms with E-state index in [1.54, 1.807) is 6.20 Å². The van der Waals surface area contributed by atoms with Crippen molar-refractivity contribution in [2.45, 2.75) is 0 Å². The van der Waals surface area contributed by atoms with Crippen molar-refractivity contribution < 1.29 is 4.42 Å². The Bertz CT molecular complexity index is 980. The molecule has 0 bridgehead atoms. The Labute approximate surface area is 128 Å². The fourth-order valence-corrected chi connectivity index (χ4v) is 2.57. The maximum absolute atomic E-state index is 5.56. The topological polar surface area (TPSA) is 77.8 Å². The van der Waals surface area contributed by atoms with Crippen molar-refractivity contribution in [1.29, 1.82) is 0 Å². The van der Waals surface area contributed by atoms with Crippen LogP contribution in [0, 0.1) is 0 Å². The van der Waals surface area contributed by atoms with E-state index in [-0.39, 0.29) is 6.01 Å². The number of halogens is 1. The number of nitrogens with zero attached hydrogens (tertiary/aromatic N) is 3. The van der Waals surface area contributed by atoms with Crippen molar-refractivity contribution in [2.24, 2.45) is 0 Å². The van der Waals surface area contributed by atoms with Gasteiger partial charge in [0, 0.05) is 16.2 Å². The monoisotopic (exact) mass is 340 g/mol. The molecule has 102 valence electrons. The molecular formula is C15H9BrN4O. The van der Waals surface area contributed by atoms with Gasteiger partial charge in [-0.3, -0.25) is 4.98 Å². The van der Waals surface area contributed by atoms with Crippen LogP contribution in [0.1, 0.15) is 0 Å². The third-order valence-corrected chi connectivity index (χ3v) is 3.64. The average molecular weight is 341 g/mol. The van der Waals surface area contributed by atoms with Crippen molar-refractivity contribution >= 4 is 44.1 Å². The number of aromatic nitrogens is 3. The number of fused-ring (bicyclic) bond motifs is 2. The molecule has 0 aliphatic carbocycles. The number of rotatable bonds is 1. The third kappa shape index (κ3) is 2.13. The predicted molar refractivity (Wildman–Crippen MR) is 84.7 cm³/mol. The lowest BCUT2D eigenvalue weighted by Crippen LogP contribution is -1.87. The van der Waals surface area contributed by atoms with Gasteiger partial charge in [0.25, 0.3) is 6.01 Å². The smallest absolute Gasteiger partial charge is 0.292 e. The summed E-state index contributed by atoms with van der Waals surface area (Å²) in [4.78, 5) is 13.1. The first-order chi connectivity index (χ1) is 10.2. The number of benzene rings is 1. The van der Waals surface area contributed by atoms with E-state index >= 15 is 0 Å². The minimum absolute atomic E-state index is 0.168. The van der Waals surface area contributed by atoms with Crippen molar-refractivity contribution in [2.75, 3.05) is 5.73 Å². The molecule has 4 rings (SSSR count). The SMILES string of the molecule is Nc1nc2cc(-c3ccc4ncc(Br)cc4n3)ccc2o1. The molecule has 0 spiro atoms. The van der Waals surface area contributed by atoms with Crippen molar-refractivity contribution in [3.05, 3.63) is 47.1 Å². The van der Waals surface area contributed by atoms with Crippen LogP contribution in [0.4, 0.5) is 6.01 Å². The van der Waals surface area contributed by atoms with Crippen molar-refractivity contribution in [3.63, 3.8) is 0 Å². The molecule has 0 aliphatic rings. The molecule has 3 aromatic heterocycles. The highest BCUT2D eigenvalue weighted by atomic mass is 79.9. The molecule has 6 heteroatoms. The van der Waals surface area contributed by atoms with Crippen LogP contribution in [0.3, 0.4) is 0 Å². The Morgan fingerprint density at radius 1 is 0.952 bits per heavy atom. The molecule has 0 atom stereocenters. The van der Waals surface area contributed by atoms with Crippen LogP contribution in [0.15, 0.2) is 51.5 Å². The fraction of sp³-hybridized carbons (Fsp3) is 0. The second kappa shape index (κ2) is 4.53. The zero-order chi connectivity index (χ0) is 14.4. The number of pyridine rings is 2. The molecule has 0 amide bonds. The molecule has 4 aromatic rings. The van der Waals surface area contributed by atoms with Gasteiger partial charge in [0.05, 0.1) is 16.7 Å². The van der Waals surface area contributed by atoms with Crippen LogP contribution in [-0.4, -0.2) is 15.0 Å². The zero-order valence-corrected chi connectivity index (χ0v) is 12.3. The summed E-state index contributed by atoms with van der Waals surface area (Å²) in [5.74, 6) is 0. The predicted octanol–water partition coefficient (Wildman–Crippen LogP) is 3.78. The van der Waals surface area contributed by atoms with Gasteiger partial charge in [-0.25, -0.2) is 4.98 Å². The van der Waals surface area contributed by atoms with Crippen molar-refractivity contribution in [3.8, 4) is 11.3 Å². The van der Waals surface area contributed by atoms with Gasteiger partial charge in [-0.15, -0.1) is 0 Å². The quantitative estimate of drug-likeness (QED) is 0.570. The molecule has 5 nitrogen and oxygen atoms in total. The van der Waals surface area contributed by atoms with Crippen LogP contribution in [-0.2, 0) is 0 Å². The minimum Gasteiger partial charge on any atom is -0.424 e. The number of nitrogen functional groups attached to an aromatic ring is 1. The Morgan fingerprint density at radius 3 is 2.76 bits per heavy atom. The van der Waals surface area contributed by atoms with Gasteiger partial charge in [0.15, 0.2) is 5.58 Å². The van der Waals surface area contributed by atoms with E-state index in [4.69, 9.17) is 10.2 Å². The summed E-state index contributed by atoms with van der Waals surface area (Å²) in [6.45, 7) is 0. The van der Waals surface area contributed by atoms with Crippen LogP contribution in [0.2, 0.25) is 0 Å². The second-order valence-corrected chi connectivity index (χ2v) is 5.54. The summed E-state index contributed by atoms with van der Waals surface area (Å²) < 4.78 is 6.18. The van der Waals surface area contributed by atoms with E-state index in [9.17, 15) is 0 Å². The normalized spacial score (nSPS) is 11.3. The van der Waals surface area contributed by atoms with Gasteiger partial charge in [-0.2, -0.15) is 4.98 Å². The first-order valence-corrected chi connectivity index (χ1v) is 7.07. The molecule has 0 unspecified atom stereocenters. The van der Waals surface area contributed by atoms with Crippen molar-refractivity contribution in [1.82, 2.24) is 15.0 Å². The molecule has 21 heavy (non-hydrogen) atoms. The summed E-state index contributed by atoms with van der Waals surface area (Å²) in [6.07, 6.45) is 1.76. The zero-order valence-electron chi connectivity index (χ0n) is 10.7. The highest BCUT2D eigenvalue weighted by Crippen LogP contribution is 2.26. The second-order valence-electron chi connectivity index (χ2n) is 4.62. The Kier molecular flexibility index (Phi) is 2.65. The maximum atomic E-state index is 5.56. The molecule has 3 heterocycles. The number of nitrogens with two attached hydrogens (primary N) is 1. The summed E-state index contributed by atoms with van der Waals surface area (Å²) in [6, 6.07) is 11.7. The number of hydrogen-bond donors (Lipinski definition) is 1. The lowest BCUT2D eigenvalue weighted by molar-refractivity contribution is 0.626. The van der Waals surface area contributed by atoms with E-state index in [0.29, 0.717) is 5.58 Å². The Balaban J connectivity index is 1.90. The molecule has 1 aromatic carbocycles. The molecule has 0 radical (unpaired) electrons. The molecule has 2 N–H and O–H groups in total. The Hall–Kier alpha value is -2.47. The van der Waals surface area contributed by atoms with Crippen LogP contribution >= 0.6 is 15.9 Å². The minimum atomic E-state index is 0.168. The average Bonchev–Trinajstić information content (AvgIpc) is 2.85. The molecule has 0 saturated heterocycles. The highest BCUT2D eigenvalue weighted by molar-refractivity contribution is 9.10. The lowest BCUT2D eigenvalue weighted by Gasteiger charge is -2.03. The standard InChI is InChI=1S/C15H9BrN4O/c16-9-6-12-11(18-7-9)3-2-10(19-12)8-1-4-14-13(5-8)20-15(17)21-14/h1-7H,(H2,17,20). The van der Waals surface area contributed by atoms with Gasteiger partial charge in [0.2, 0.25) is 0 Å². The lowest BCUT2D eigenvalue weighted by atomic mass is 10.1. The number of anilines is 1. The third-order valence-electron chi connectivity index (χ3n) is 3.20. The van der Waals surface area contributed by atoms with Crippen LogP contribution in [0.5, 0.6) is 0 Å². The van der Waals surface area contributed by atoms with Gasteiger partial charge in [-0.05, 0) is 52.3 Å². The van der Waals surface area contributed by atoms with Crippen LogP contribution < -0.4 is 5.73 Å². The Morgan fingerprint density at radius 2 is 1.86 bits per heavy atom. The van der Waals surface area contributed by atoms with Gasteiger partial charge >= 0.3 is 0 Å². The summed E-state index contributed by atoms with van der Waals surface area (Å²) >= 11 is 3.41. The largest absolute Gasteiger partial charge is 0.424 e. The summed E-state index contributed by atoms with van der Waals surface area (Å²) in [5, 5.41) is 0. The first-order valence-electron chi connectivity index (χ1n) is 6.28. The van der Waals surface area contributed by atoms with Gasteiger partial charge in [0.1, 0.15) is 5.52 Å². The highest BCUT2D eigenvalue weighted by Gasteiger charge is 2.07. The van der Waals surface area contributed by atoms with E-state index < -0.39 is 0 Å². The molecule has 0 saturated carbocycles. The maximum Gasteiger partial charge on any atom is 0.292 e. The molecule has 0 aliphatic heterocycles. The fourth-order valence-electron chi connectivity index (χ4n) is 2.25. The number of oxazole rings is 1.